The fourth-order valence-corrected chi connectivity index (χ4v) is 2.07. The third-order valence-electron chi connectivity index (χ3n) is 3.34. The van der Waals surface area contributed by atoms with Crippen LogP contribution in [0.4, 0.5) is 0 Å². The molecule has 0 aliphatic heterocycles. The molecule has 0 atom stereocenters. The number of unbranched alkanes of at least 4 members (excludes halogenated alkanes) is 2. The topological polar surface area (TPSA) is 24.9 Å². The highest BCUT2D eigenvalue weighted by Crippen LogP contribution is 2.22. The lowest BCUT2D eigenvalue weighted by atomic mass is 9.87. The zero-order valence-corrected chi connectivity index (χ0v) is 12.4. The number of hydrogen-bond donors (Lipinski definition) is 1. The van der Waals surface area contributed by atoms with Gasteiger partial charge in [0.25, 0.3) is 0 Å². The van der Waals surface area contributed by atoms with Crippen molar-refractivity contribution in [1.29, 1.82) is 0 Å². The Morgan fingerprint density at radius 1 is 1.22 bits per heavy atom. The molecule has 2 nitrogen and oxygen atoms in total. The van der Waals surface area contributed by atoms with Gasteiger partial charge in [0.2, 0.25) is 0 Å². The zero-order chi connectivity index (χ0) is 13.4. The first-order chi connectivity index (χ1) is 8.53. The van der Waals surface area contributed by atoms with Crippen molar-refractivity contribution in [3.8, 4) is 0 Å². The van der Waals surface area contributed by atoms with Crippen molar-refractivity contribution >= 4 is 0 Å². The van der Waals surface area contributed by atoms with Gasteiger partial charge in [0.1, 0.15) is 0 Å². The third kappa shape index (κ3) is 6.15. The molecule has 0 saturated carbocycles. The Hall–Kier alpha value is -0.890. The number of nitrogens with one attached hydrogen (secondary N) is 1. The Bertz CT molecular complexity index is 327. The van der Waals surface area contributed by atoms with E-state index in [1.807, 2.05) is 6.20 Å². The van der Waals surface area contributed by atoms with Crippen LogP contribution in [0.3, 0.4) is 0 Å². The molecule has 0 aromatic carbocycles. The molecule has 0 aliphatic rings. The molecule has 0 aliphatic carbocycles. The van der Waals surface area contributed by atoms with Crippen molar-refractivity contribution in [3.05, 3.63) is 29.6 Å². The average Bonchev–Trinajstić information content (AvgIpc) is 2.32. The number of hydrogen-bond acceptors (Lipinski definition) is 2. The summed E-state index contributed by atoms with van der Waals surface area (Å²) in [5.74, 6) is 0. The second-order valence-corrected chi connectivity index (χ2v) is 6.05. The van der Waals surface area contributed by atoms with Crippen LogP contribution >= 0.6 is 0 Å². The molecule has 18 heavy (non-hydrogen) atoms. The Morgan fingerprint density at radius 2 is 2.00 bits per heavy atom. The molecule has 0 saturated heterocycles. The quantitative estimate of drug-likeness (QED) is 0.701. The highest BCUT2D eigenvalue weighted by molar-refractivity contribution is 5.11. The van der Waals surface area contributed by atoms with Crippen LogP contribution in [0, 0.1) is 12.3 Å². The fourth-order valence-electron chi connectivity index (χ4n) is 2.07. The van der Waals surface area contributed by atoms with Crippen LogP contribution < -0.4 is 5.32 Å². The van der Waals surface area contributed by atoms with Crippen LogP contribution in [0.25, 0.3) is 0 Å². The second kappa shape index (κ2) is 7.52. The van der Waals surface area contributed by atoms with Crippen LogP contribution in [0.15, 0.2) is 18.3 Å². The minimum Gasteiger partial charge on any atom is -0.311 e. The molecular weight excluding hydrogens is 220 g/mol. The van der Waals surface area contributed by atoms with E-state index in [0.717, 1.165) is 18.8 Å². The lowest BCUT2D eigenvalue weighted by Gasteiger charge is -2.25. The van der Waals surface area contributed by atoms with E-state index in [4.69, 9.17) is 0 Å². The van der Waals surface area contributed by atoms with Gasteiger partial charge in [0.05, 0.1) is 5.69 Å². The van der Waals surface area contributed by atoms with Gasteiger partial charge in [0, 0.05) is 19.3 Å². The molecular formula is C16H28N2. The number of nitrogens with zero attached hydrogens (tertiary/aromatic N) is 1. The Labute approximate surface area is 112 Å². The Balaban J connectivity index is 2.25. The number of pyridine rings is 1. The molecule has 0 amide bonds. The molecule has 0 spiro atoms. The van der Waals surface area contributed by atoms with Gasteiger partial charge in [-0.2, -0.15) is 0 Å². The maximum atomic E-state index is 4.41. The molecule has 1 aromatic heterocycles. The first kappa shape index (κ1) is 15.2. The van der Waals surface area contributed by atoms with E-state index >= 15 is 0 Å². The van der Waals surface area contributed by atoms with E-state index in [2.05, 4.69) is 50.1 Å². The van der Waals surface area contributed by atoms with Crippen LogP contribution in [-0.4, -0.2) is 11.5 Å². The monoisotopic (exact) mass is 248 g/mol. The van der Waals surface area contributed by atoms with Crippen LogP contribution in [0.1, 0.15) is 57.7 Å². The smallest absolute Gasteiger partial charge is 0.0541 e. The summed E-state index contributed by atoms with van der Waals surface area (Å²) in [7, 11) is 0. The largest absolute Gasteiger partial charge is 0.311 e. The molecule has 0 radical (unpaired) electrons. The molecule has 102 valence electrons. The average molecular weight is 248 g/mol. The van der Waals surface area contributed by atoms with Crippen LogP contribution in [0.2, 0.25) is 0 Å². The van der Waals surface area contributed by atoms with E-state index in [1.165, 1.54) is 31.2 Å². The number of rotatable bonds is 8. The van der Waals surface area contributed by atoms with Gasteiger partial charge < -0.3 is 5.32 Å². The van der Waals surface area contributed by atoms with Gasteiger partial charge in [-0.25, -0.2) is 0 Å². The molecule has 1 heterocycles. The molecule has 2 heteroatoms. The van der Waals surface area contributed by atoms with Gasteiger partial charge in [0.15, 0.2) is 0 Å². The highest BCUT2D eigenvalue weighted by Gasteiger charge is 2.16. The summed E-state index contributed by atoms with van der Waals surface area (Å²) in [5.41, 5.74) is 2.74. The van der Waals surface area contributed by atoms with Gasteiger partial charge >= 0.3 is 0 Å². The summed E-state index contributed by atoms with van der Waals surface area (Å²) in [6, 6.07) is 4.23. The highest BCUT2D eigenvalue weighted by atomic mass is 14.9. The lowest BCUT2D eigenvalue weighted by Crippen LogP contribution is -2.29. The van der Waals surface area contributed by atoms with Crippen molar-refractivity contribution in [2.45, 2.75) is 59.9 Å². The maximum Gasteiger partial charge on any atom is 0.0541 e. The van der Waals surface area contributed by atoms with Gasteiger partial charge in [-0.15, -0.1) is 0 Å². The van der Waals surface area contributed by atoms with Gasteiger partial charge in [-0.3, -0.25) is 4.98 Å². The normalized spacial score (nSPS) is 11.8. The minimum atomic E-state index is 0.389. The van der Waals surface area contributed by atoms with E-state index in [-0.39, 0.29) is 0 Å². The van der Waals surface area contributed by atoms with E-state index in [0.29, 0.717) is 5.41 Å². The summed E-state index contributed by atoms with van der Waals surface area (Å²) < 4.78 is 0. The van der Waals surface area contributed by atoms with Crippen LogP contribution in [-0.2, 0) is 6.54 Å². The van der Waals surface area contributed by atoms with Gasteiger partial charge in [-0.1, -0.05) is 46.1 Å². The Kier molecular flexibility index (Phi) is 6.34. The summed E-state index contributed by atoms with van der Waals surface area (Å²) in [6.07, 6.45) is 7.23. The maximum absolute atomic E-state index is 4.41. The summed E-state index contributed by atoms with van der Waals surface area (Å²) in [5, 5.41) is 3.53. The summed E-state index contributed by atoms with van der Waals surface area (Å²) >= 11 is 0. The minimum absolute atomic E-state index is 0.389. The molecule has 1 N–H and O–H groups in total. The standard InChI is InChI=1S/C16H28N2/c1-5-6-7-10-16(3,4)13-17-12-15-9-8-14(2)11-18-15/h8-9,11,17H,5-7,10,12-13H2,1-4H3. The Morgan fingerprint density at radius 3 is 2.61 bits per heavy atom. The SMILES string of the molecule is CCCCCC(C)(C)CNCc1ccc(C)cn1. The molecule has 0 bridgehead atoms. The van der Waals surface area contributed by atoms with Crippen molar-refractivity contribution in [3.63, 3.8) is 0 Å². The predicted octanol–water partition coefficient (Wildman–Crippen LogP) is 4.09. The first-order valence-electron chi connectivity index (χ1n) is 7.16. The van der Waals surface area contributed by atoms with Crippen LogP contribution in [0.5, 0.6) is 0 Å². The van der Waals surface area contributed by atoms with Crippen molar-refractivity contribution in [1.82, 2.24) is 10.3 Å². The van der Waals surface area contributed by atoms with Crippen molar-refractivity contribution < 1.29 is 0 Å². The first-order valence-corrected chi connectivity index (χ1v) is 7.16. The van der Waals surface area contributed by atoms with Crippen molar-refractivity contribution in [2.24, 2.45) is 5.41 Å². The van der Waals surface area contributed by atoms with Crippen molar-refractivity contribution in [2.75, 3.05) is 6.54 Å². The molecule has 0 fully saturated rings. The third-order valence-corrected chi connectivity index (χ3v) is 3.34. The number of aryl methyl sites for hydroxylation is 1. The fraction of sp³-hybridized carbons (Fsp3) is 0.688. The lowest BCUT2D eigenvalue weighted by molar-refractivity contribution is 0.301. The van der Waals surface area contributed by atoms with E-state index in [1.54, 1.807) is 0 Å². The number of aromatic nitrogens is 1. The predicted molar refractivity (Wildman–Crippen MR) is 78.6 cm³/mol. The van der Waals surface area contributed by atoms with Gasteiger partial charge in [-0.05, 0) is 30.4 Å². The van der Waals surface area contributed by atoms with E-state index < -0.39 is 0 Å². The molecule has 0 unspecified atom stereocenters. The molecule has 1 rings (SSSR count). The molecule has 1 aromatic rings. The summed E-state index contributed by atoms with van der Waals surface area (Å²) in [4.78, 5) is 4.41. The van der Waals surface area contributed by atoms with E-state index in [9.17, 15) is 0 Å². The summed E-state index contributed by atoms with van der Waals surface area (Å²) in [6.45, 7) is 11.0. The second-order valence-electron chi connectivity index (χ2n) is 6.05. The zero-order valence-electron chi connectivity index (χ0n) is 12.4.